The number of nitrogens with zero attached hydrogens (tertiary/aromatic N) is 1. The summed E-state index contributed by atoms with van der Waals surface area (Å²) in [5, 5.41) is 13.7. The number of aliphatic carboxylic acids is 1. The molecule has 0 fully saturated rings. The van der Waals surface area contributed by atoms with Gasteiger partial charge in [-0.25, -0.2) is 4.98 Å². The second-order valence-corrected chi connectivity index (χ2v) is 6.23. The Hall–Kier alpha value is -1.98. The fraction of sp³-hybridized carbons (Fsp3) is 0.0667. The molecule has 0 N–H and O–H groups in total. The Kier molecular flexibility index (Phi) is 3.62. The molecule has 0 saturated carbocycles. The van der Waals surface area contributed by atoms with E-state index in [2.05, 4.69) is 4.98 Å². The molecule has 5 heteroatoms. The minimum Gasteiger partial charge on any atom is -0.550 e. The Morgan fingerprint density at radius 1 is 1.25 bits per heavy atom. The maximum absolute atomic E-state index is 11.0. The van der Waals surface area contributed by atoms with E-state index in [1.54, 1.807) is 11.3 Å². The summed E-state index contributed by atoms with van der Waals surface area (Å²) in [6.07, 6.45) is 1.75. The van der Waals surface area contributed by atoms with Crippen LogP contribution < -0.4 is 5.11 Å². The molecule has 0 aliphatic heterocycles. The van der Waals surface area contributed by atoms with Crippen molar-refractivity contribution in [1.82, 2.24) is 4.98 Å². The third kappa shape index (κ3) is 2.79. The van der Waals surface area contributed by atoms with Crippen LogP contribution in [-0.4, -0.2) is 11.0 Å². The number of para-hydroxylation sites is 1. The zero-order valence-electron chi connectivity index (χ0n) is 10.4. The lowest BCUT2D eigenvalue weighted by Gasteiger charge is -2.04. The van der Waals surface area contributed by atoms with Crippen molar-refractivity contribution in [2.75, 3.05) is 0 Å². The number of fused-ring (bicyclic) bond motifs is 1. The number of hydrogen-bond acceptors (Lipinski definition) is 5. The van der Waals surface area contributed by atoms with Crippen LogP contribution in [0.3, 0.4) is 0 Å². The summed E-state index contributed by atoms with van der Waals surface area (Å²) >= 11 is 3.07. The van der Waals surface area contributed by atoms with Crippen LogP contribution in [0.1, 0.15) is 16.3 Å². The highest BCUT2D eigenvalue weighted by Crippen LogP contribution is 2.30. The number of thiazole rings is 1. The van der Waals surface area contributed by atoms with Gasteiger partial charge in [0.15, 0.2) is 0 Å². The van der Waals surface area contributed by atoms with E-state index < -0.39 is 5.97 Å². The molecule has 1 aromatic carbocycles. The number of carbonyl (C=O) groups is 1. The molecule has 0 bridgehead atoms. The molecule has 0 saturated heterocycles. The van der Waals surface area contributed by atoms with Crippen LogP contribution in [-0.2, 0) is 4.79 Å². The molecule has 0 radical (unpaired) electrons. The van der Waals surface area contributed by atoms with Gasteiger partial charge in [0.25, 0.3) is 0 Å². The van der Waals surface area contributed by atoms with Crippen molar-refractivity contribution in [1.29, 1.82) is 0 Å². The highest BCUT2D eigenvalue weighted by molar-refractivity contribution is 7.19. The number of rotatable bonds is 4. The number of hydrogen-bond donors (Lipinski definition) is 0. The Labute approximate surface area is 123 Å². The summed E-state index contributed by atoms with van der Waals surface area (Å²) < 4.78 is 1.05. The van der Waals surface area contributed by atoms with E-state index in [1.165, 1.54) is 11.3 Å². The predicted octanol–water partition coefficient (Wildman–Crippen LogP) is 3.04. The Morgan fingerprint density at radius 2 is 2.10 bits per heavy atom. The quantitative estimate of drug-likeness (QED) is 0.744. The first-order chi connectivity index (χ1) is 9.72. The van der Waals surface area contributed by atoms with Crippen LogP contribution in [0.25, 0.3) is 21.9 Å². The van der Waals surface area contributed by atoms with Gasteiger partial charge in [-0.1, -0.05) is 18.2 Å². The number of benzene rings is 1. The van der Waals surface area contributed by atoms with Gasteiger partial charge in [0.2, 0.25) is 0 Å². The van der Waals surface area contributed by atoms with Crippen LogP contribution in [0.2, 0.25) is 0 Å². The van der Waals surface area contributed by atoms with Gasteiger partial charge in [-0.2, -0.15) is 0 Å². The third-order valence-corrected chi connectivity index (χ3v) is 4.69. The average molecular weight is 300 g/mol. The maximum Gasteiger partial charge on any atom is 0.120 e. The van der Waals surface area contributed by atoms with Crippen LogP contribution in [0.5, 0.6) is 0 Å². The molecule has 0 aliphatic rings. The van der Waals surface area contributed by atoms with E-state index in [0.717, 1.165) is 20.1 Å². The molecule has 20 heavy (non-hydrogen) atoms. The first kappa shape index (κ1) is 13.0. The van der Waals surface area contributed by atoms with Crippen molar-refractivity contribution in [2.45, 2.75) is 6.42 Å². The largest absolute Gasteiger partial charge is 0.550 e. The van der Waals surface area contributed by atoms with Gasteiger partial charge in [0, 0.05) is 17.3 Å². The van der Waals surface area contributed by atoms with Crippen molar-refractivity contribution in [2.24, 2.45) is 0 Å². The number of thiophene rings is 1. The molecular weight excluding hydrogens is 290 g/mol. The average Bonchev–Trinajstić information content (AvgIpc) is 3.05. The van der Waals surface area contributed by atoms with Gasteiger partial charge in [-0.3, -0.25) is 0 Å². The van der Waals surface area contributed by atoms with Crippen LogP contribution in [0.4, 0.5) is 0 Å². The summed E-state index contributed by atoms with van der Waals surface area (Å²) in [4.78, 5) is 16.5. The molecule has 0 unspecified atom stereocenters. The molecule has 2 heterocycles. The second-order valence-electron chi connectivity index (χ2n) is 4.22. The fourth-order valence-electron chi connectivity index (χ4n) is 1.90. The van der Waals surface area contributed by atoms with Gasteiger partial charge in [-0.15, -0.1) is 22.7 Å². The summed E-state index contributed by atoms with van der Waals surface area (Å²) in [6.45, 7) is 0. The van der Waals surface area contributed by atoms with Crippen molar-refractivity contribution in [3.63, 3.8) is 0 Å². The van der Waals surface area contributed by atoms with Crippen molar-refractivity contribution < 1.29 is 9.90 Å². The SMILES string of the molecule is O=C([O-])C/C(=C\c1cccs1)c1nc2ccccc2s1. The van der Waals surface area contributed by atoms with Gasteiger partial charge in [0.1, 0.15) is 5.01 Å². The molecule has 3 nitrogen and oxygen atoms in total. The normalized spacial score (nSPS) is 11.9. The van der Waals surface area contributed by atoms with E-state index >= 15 is 0 Å². The lowest BCUT2D eigenvalue weighted by atomic mass is 10.1. The monoisotopic (exact) mass is 300 g/mol. The first-order valence-electron chi connectivity index (χ1n) is 6.02. The van der Waals surface area contributed by atoms with Crippen molar-refractivity contribution >= 4 is 50.5 Å². The number of carbonyl (C=O) groups excluding carboxylic acids is 1. The molecule has 0 atom stereocenters. The van der Waals surface area contributed by atoms with Crippen molar-refractivity contribution in [3.8, 4) is 0 Å². The third-order valence-electron chi connectivity index (χ3n) is 2.76. The van der Waals surface area contributed by atoms with E-state index in [0.29, 0.717) is 5.57 Å². The lowest BCUT2D eigenvalue weighted by molar-refractivity contribution is -0.304. The zero-order valence-corrected chi connectivity index (χ0v) is 12.0. The predicted molar refractivity (Wildman–Crippen MR) is 81.4 cm³/mol. The highest BCUT2D eigenvalue weighted by atomic mass is 32.1. The minimum atomic E-state index is -1.09. The van der Waals surface area contributed by atoms with Crippen molar-refractivity contribution in [3.05, 3.63) is 51.7 Å². The standard InChI is InChI=1S/C15H11NO2S2/c17-14(18)9-10(8-11-4-3-7-19-11)15-16-12-5-1-2-6-13(12)20-15/h1-8H,9H2,(H,17,18)/p-1/b10-8+. The second kappa shape index (κ2) is 5.56. The Bertz CT molecular complexity index is 739. The maximum atomic E-state index is 11.0. The van der Waals surface area contributed by atoms with Crippen LogP contribution in [0.15, 0.2) is 41.8 Å². The lowest BCUT2D eigenvalue weighted by Crippen LogP contribution is -2.22. The zero-order chi connectivity index (χ0) is 13.9. The molecular formula is C15H10NO2S2-. The summed E-state index contributed by atoms with van der Waals surface area (Å²) in [6, 6.07) is 11.7. The Morgan fingerprint density at radius 3 is 2.80 bits per heavy atom. The highest BCUT2D eigenvalue weighted by Gasteiger charge is 2.09. The molecule has 0 amide bonds. The van der Waals surface area contributed by atoms with E-state index in [4.69, 9.17) is 0 Å². The number of carboxylic acids is 1. The van der Waals surface area contributed by atoms with Crippen LogP contribution >= 0.6 is 22.7 Å². The number of carboxylic acid groups (broad SMARTS) is 1. The Balaban J connectivity index is 2.06. The summed E-state index contributed by atoms with van der Waals surface area (Å²) in [5.41, 5.74) is 1.58. The minimum absolute atomic E-state index is 0.127. The molecule has 0 spiro atoms. The summed E-state index contributed by atoms with van der Waals surface area (Å²) in [7, 11) is 0. The fourth-order valence-corrected chi connectivity index (χ4v) is 3.56. The van der Waals surface area contributed by atoms with Gasteiger partial charge < -0.3 is 9.90 Å². The van der Waals surface area contributed by atoms with E-state index in [9.17, 15) is 9.90 Å². The van der Waals surface area contributed by atoms with Gasteiger partial charge in [0.05, 0.1) is 10.2 Å². The molecule has 0 aliphatic carbocycles. The van der Waals surface area contributed by atoms with Crippen LogP contribution in [0, 0.1) is 0 Å². The molecule has 3 aromatic rings. The molecule has 100 valence electrons. The summed E-state index contributed by atoms with van der Waals surface area (Å²) in [5.74, 6) is -1.09. The topological polar surface area (TPSA) is 53.0 Å². The first-order valence-corrected chi connectivity index (χ1v) is 7.72. The van der Waals surface area contributed by atoms with E-state index in [-0.39, 0.29) is 6.42 Å². The smallest absolute Gasteiger partial charge is 0.120 e. The van der Waals surface area contributed by atoms with Gasteiger partial charge >= 0.3 is 0 Å². The van der Waals surface area contributed by atoms with Gasteiger partial charge in [-0.05, 0) is 35.2 Å². The number of aromatic nitrogens is 1. The van der Waals surface area contributed by atoms with E-state index in [1.807, 2.05) is 47.9 Å². The molecule has 3 rings (SSSR count). The molecule has 2 aromatic heterocycles.